The van der Waals surface area contributed by atoms with E-state index in [2.05, 4.69) is 13.8 Å². The molecule has 1 aliphatic heterocycles. The quantitative estimate of drug-likeness (QED) is 0.857. The summed E-state index contributed by atoms with van der Waals surface area (Å²) in [7, 11) is 0. The van der Waals surface area contributed by atoms with Crippen LogP contribution in [0.2, 0.25) is 0 Å². The molecule has 0 saturated heterocycles. The van der Waals surface area contributed by atoms with Gasteiger partial charge in [-0.1, -0.05) is 38.5 Å². The predicted octanol–water partition coefficient (Wildman–Crippen LogP) is 3.84. The highest BCUT2D eigenvalue weighted by atomic mass is 16.5. The summed E-state index contributed by atoms with van der Waals surface area (Å²) in [6, 6.07) is 7.85. The van der Waals surface area contributed by atoms with Crippen molar-refractivity contribution in [3.05, 3.63) is 29.8 Å². The summed E-state index contributed by atoms with van der Waals surface area (Å²) in [5.41, 5.74) is 0.775. The van der Waals surface area contributed by atoms with E-state index in [9.17, 15) is 5.11 Å². The Balaban J connectivity index is 2.24. The van der Waals surface area contributed by atoms with Crippen molar-refractivity contribution >= 4 is 0 Å². The Morgan fingerprint density at radius 1 is 1.35 bits per heavy atom. The first kappa shape index (κ1) is 12.4. The number of hydrogen-bond acceptors (Lipinski definition) is 2. The molecule has 0 radical (unpaired) electrons. The van der Waals surface area contributed by atoms with Gasteiger partial charge in [0.15, 0.2) is 0 Å². The van der Waals surface area contributed by atoms with Crippen molar-refractivity contribution in [2.45, 2.75) is 57.7 Å². The van der Waals surface area contributed by atoms with Gasteiger partial charge in [-0.15, -0.1) is 0 Å². The van der Waals surface area contributed by atoms with E-state index in [-0.39, 0.29) is 11.7 Å². The molecule has 0 bridgehead atoms. The molecule has 1 unspecified atom stereocenters. The van der Waals surface area contributed by atoms with E-state index in [4.69, 9.17) is 4.74 Å². The summed E-state index contributed by atoms with van der Waals surface area (Å²) in [5, 5.41) is 10.2. The summed E-state index contributed by atoms with van der Waals surface area (Å²) in [6.45, 7) is 4.34. The summed E-state index contributed by atoms with van der Waals surface area (Å²) >= 11 is 0. The van der Waals surface area contributed by atoms with E-state index in [0.717, 1.165) is 37.0 Å². The van der Waals surface area contributed by atoms with Crippen LogP contribution in [-0.4, -0.2) is 10.7 Å². The van der Waals surface area contributed by atoms with Gasteiger partial charge in [0, 0.05) is 12.0 Å². The van der Waals surface area contributed by atoms with Crippen molar-refractivity contribution in [3.8, 4) is 5.75 Å². The molecule has 1 aromatic carbocycles. The number of aliphatic hydroxyl groups is 1. The van der Waals surface area contributed by atoms with Crippen molar-refractivity contribution in [3.63, 3.8) is 0 Å². The van der Waals surface area contributed by atoms with Gasteiger partial charge in [0.2, 0.25) is 0 Å². The lowest BCUT2D eigenvalue weighted by atomic mass is 9.83. The Kier molecular flexibility index (Phi) is 3.72. The lowest BCUT2D eigenvalue weighted by molar-refractivity contribution is -0.0240. The maximum Gasteiger partial charge on any atom is 0.125 e. The van der Waals surface area contributed by atoms with Crippen molar-refractivity contribution in [1.82, 2.24) is 0 Å². The van der Waals surface area contributed by atoms with Crippen molar-refractivity contribution < 1.29 is 9.84 Å². The zero-order valence-corrected chi connectivity index (χ0v) is 10.8. The molecule has 0 amide bonds. The van der Waals surface area contributed by atoms with E-state index >= 15 is 0 Å². The number of ether oxygens (including phenoxy) is 1. The number of benzene rings is 1. The van der Waals surface area contributed by atoms with Crippen LogP contribution in [-0.2, 0) is 0 Å². The highest BCUT2D eigenvalue weighted by Crippen LogP contribution is 2.43. The minimum absolute atomic E-state index is 0.163. The van der Waals surface area contributed by atoms with Crippen molar-refractivity contribution in [2.24, 2.45) is 0 Å². The second-order valence-electron chi connectivity index (χ2n) is 5.00. The maximum absolute atomic E-state index is 10.2. The number of rotatable bonds is 4. The van der Waals surface area contributed by atoms with Crippen LogP contribution in [0.4, 0.5) is 0 Å². The molecule has 2 atom stereocenters. The third-order valence-electron chi connectivity index (χ3n) is 3.80. The van der Waals surface area contributed by atoms with Crippen LogP contribution in [0.25, 0.3) is 0 Å². The Labute approximate surface area is 104 Å². The second kappa shape index (κ2) is 5.09. The van der Waals surface area contributed by atoms with Crippen LogP contribution < -0.4 is 4.74 Å². The maximum atomic E-state index is 10.2. The van der Waals surface area contributed by atoms with Gasteiger partial charge in [-0.25, -0.2) is 0 Å². The van der Waals surface area contributed by atoms with Crippen molar-refractivity contribution in [1.29, 1.82) is 0 Å². The lowest BCUT2D eigenvalue weighted by Gasteiger charge is -2.40. The van der Waals surface area contributed by atoms with Gasteiger partial charge in [-0.3, -0.25) is 0 Å². The second-order valence-corrected chi connectivity index (χ2v) is 5.00. The van der Waals surface area contributed by atoms with Gasteiger partial charge in [0.25, 0.3) is 0 Å². The van der Waals surface area contributed by atoms with E-state index in [1.54, 1.807) is 0 Å². The molecule has 0 saturated carbocycles. The number of para-hydroxylation sites is 1. The third-order valence-corrected chi connectivity index (χ3v) is 3.80. The molecule has 0 fully saturated rings. The molecular formula is C15H22O2. The standard InChI is InChI=1S/C15H22O2/c1-3-5-10-15(4-2)11-13(16)12-8-6-7-9-14(12)17-15/h6-9,13,16H,3-5,10-11H2,1-2H3/t13-,15?/m0/s1. The van der Waals surface area contributed by atoms with Gasteiger partial charge < -0.3 is 9.84 Å². The number of unbranched alkanes of at least 4 members (excludes halogenated alkanes) is 1. The summed E-state index contributed by atoms with van der Waals surface area (Å²) < 4.78 is 6.18. The van der Waals surface area contributed by atoms with E-state index in [0.29, 0.717) is 0 Å². The molecular weight excluding hydrogens is 212 g/mol. The molecule has 0 aliphatic carbocycles. The van der Waals surface area contributed by atoms with Crippen molar-refractivity contribution in [2.75, 3.05) is 0 Å². The normalized spacial score (nSPS) is 27.4. The zero-order valence-electron chi connectivity index (χ0n) is 10.8. The molecule has 2 nitrogen and oxygen atoms in total. The molecule has 0 aromatic heterocycles. The highest BCUT2D eigenvalue weighted by Gasteiger charge is 2.38. The monoisotopic (exact) mass is 234 g/mol. The van der Waals surface area contributed by atoms with Crippen LogP contribution in [0, 0.1) is 0 Å². The summed E-state index contributed by atoms with van der Waals surface area (Å²) in [5.74, 6) is 0.865. The van der Waals surface area contributed by atoms with Crippen LogP contribution in [0.3, 0.4) is 0 Å². The van der Waals surface area contributed by atoms with Gasteiger partial charge >= 0.3 is 0 Å². The molecule has 2 rings (SSSR count). The lowest BCUT2D eigenvalue weighted by Crippen LogP contribution is -2.40. The molecule has 1 aromatic rings. The van der Waals surface area contributed by atoms with Crippen LogP contribution in [0.15, 0.2) is 24.3 Å². The predicted molar refractivity (Wildman–Crippen MR) is 69.2 cm³/mol. The number of aliphatic hydroxyl groups excluding tert-OH is 1. The molecule has 1 heterocycles. The molecule has 2 heteroatoms. The van der Waals surface area contributed by atoms with E-state index in [1.807, 2.05) is 24.3 Å². The van der Waals surface area contributed by atoms with Crippen LogP contribution in [0.5, 0.6) is 5.75 Å². The first-order valence-corrected chi connectivity index (χ1v) is 6.67. The molecule has 94 valence electrons. The number of fused-ring (bicyclic) bond motifs is 1. The highest BCUT2D eigenvalue weighted by molar-refractivity contribution is 5.37. The Morgan fingerprint density at radius 3 is 2.82 bits per heavy atom. The molecule has 17 heavy (non-hydrogen) atoms. The Bertz CT molecular complexity index is 375. The minimum Gasteiger partial charge on any atom is -0.487 e. The van der Waals surface area contributed by atoms with Gasteiger partial charge in [-0.2, -0.15) is 0 Å². The van der Waals surface area contributed by atoms with Crippen LogP contribution in [0.1, 0.15) is 57.6 Å². The van der Waals surface area contributed by atoms with E-state index < -0.39 is 0 Å². The smallest absolute Gasteiger partial charge is 0.125 e. The Morgan fingerprint density at radius 2 is 2.12 bits per heavy atom. The summed E-state index contributed by atoms with van der Waals surface area (Å²) in [4.78, 5) is 0. The first-order valence-electron chi connectivity index (χ1n) is 6.67. The average Bonchev–Trinajstić information content (AvgIpc) is 2.36. The van der Waals surface area contributed by atoms with Gasteiger partial charge in [0.05, 0.1) is 6.10 Å². The fourth-order valence-corrected chi connectivity index (χ4v) is 2.63. The number of hydrogen-bond donors (Lipinski definition) is 1. The van der Waals surface area contributed by atoms with Gasteiger partial charge in [0.1, 0.15) is 11.4 Å². The van der Waals surface area contributed by atoms with E-state index in [1.165, 1.54) is 6.42 Å². The SMILES string of the molecule is CCCCC1(CC)C[C@H](O)c2ccccc2O1. The minimum atomic E-state index is -0.378. The fourth-order valence-electron chi connectivity index (χ4n) is 2.63. The van der Waals surface area contributed by atoms with Gasteiger partial charge in [-0.05, 0) is 25.3 Å². The summed E-state index contributed by atoms with van der Waals surface area (Å²) in [6.07, 6.45) is 4.66. The first-order chi connectivity index (χ1) is 8.21. The fraction of sp³-hybridized carbons (Fsp3) is 0.600. The Hall–Kier alpha value is -1.02. The molecule has 1 aliphatic rings. The zero-order chi connectivity index (χ0) is 12.3. The molecule has 1 N–H and O–H groups in total. The topological polar surface area (TPSA) is 29.5 Å². The largest absolute Gasteiger partial charge is 0.487 e. The average molecular weight is 234 g/mol. The third kappa shape index (κ3) is 2.47. The van der Waals surface area contributed by atoms with Crippen LogP contribution >= 0.6 is 0 Å². The molecule has 0 spiro atoms.